The number of hydrogen-bond acceptors (Lipinski definition) is 4. The molecule has 0 saturated carbocycles. The van der Waals surface area contributed by atoms with Gasteiger partial charge in [0.2, 0.25) is 18.0 Å². The van der Waals surface area contributed by atoms with Gasteiger partial charge < -0.3 is 4.52 Å². The maximum absolute atomic E-state index is 11.2. The highest BCUT2D eigenvalue weighted by molar-refractivity contribution is 5.92. The third kappa shape index (κ3) is 2.45. The van der Waals surface area contributed by atoms with Crippen molar-refractivity contribution in [2.24, 2.45) is 0 Å². The standard InChI is InChI=1S/C8H12N2O2/c1-2-3-4-5-7(11)8-9-6-12-10-8/h6H,2-5H2,1H3. The van der Waals surface area contributed by atoms with Gasteiger partial charge in [0.25, 0.3) is 0 Å². The van der Waals surface area contributed by atoms with Crippen molar-refractivity contribution in [2.75, 3.05) is 0 Å². The van der Waals surface area contributed by atoms with E-state index in [9.17, 15) is 4.79 Å². The number of hydrogen-bond donors (Lipinski definition) is 0. The Hall–Kier alpha value is -1.19. The Bertz CT molecular complexity index is 231. The lowest BCUT2D eigenvalue weighted by Crippen LogP contribution is -2.00. The first-order chi connectivity index (χ1) is 5.84. The summed E-state index contributed by atoms with van der Waals surface area (Å²) in [6.45, 7) is 2.10. The molecule has 12 heavy (non-hydrogen) atoms. The molecule has 0 radical (unpaired) electrons. The SMILES string of the molecule is CCCCCC(=O)c1ncon1. The minimum Gasteiger partial charge on any atom is -0.342 e. The summed E-state index contributed by atoms with van der Waals surface area (Å²) in [6.07, 6.45) is 4.79. The van der Waals surface area contributed by atoms with Crippen LogP contribution in [0.25, 0.3) is 0 Å². The smallest absolute Gasteiger partial charge is 0.238 e. The van der Waals surface area contributed by atoms with Gasteiger partial charge >= 0.3 is 0 Å². The zero-order valence-corrected chi connectivity index (χ0v) is 7.12. The minimum atomic E-state index is -0.0304. The second-order valence-electron chi connectivity index (χ2n) is 2.64. The summed E-state index contributed by atoms with van der Waals surface area (Å²) in [5.74, 6) is 0.170. The summed E-state index contributed by atoms with van der Waals surface area (Å²) in [6, 6.07) is 0. The van der Waals surface area contributed by atoms with Gasteiger partial charge in [-0.05, 0) is 6.42 Å². The van der Waals surface area contributed by atoms with Gasteiger partial charge in [-0.2, -0.15) is 4.98 Å². The lowest BCUT2D eigenvalue weighted by atomic mass is 10.1. The van der Waals surface area contributed by atoms with Gasteiger partial charge in [0.15, 0.2) is 0 Å². The molecule has 66 valence electrons. The third-order valence-corrected chi connectivity index (χ3v) is 1.62. The largest absolute Gasteiger partial charge is 0.342 e. The van der Waals surface area contributed by atoms with Crippen LogP contribution < -0.4 is 0 Å². The van der Waals surface area contributed by atoms with Crippen LogP contribution in [0, 0.1) is 0 Å². The Kier molecular flexibility index (Phi) is 3.44. The number of unbranched alkanes of at least 4 members (excludes halogenated alkanes) is 2. The Morgan fingerprint density at radius 2 is 2.42 bits per heavy atom. The number of rotatable bonds is 5. The summed E-state index contributed by atoms with van der Waals surface area (Å²) >= 11 is 0. The van der Waals surface area contributed by atoms with Crippen LogP contribution in [-0.2, 0) is 0 Å². The molecule has 1 rings (SSSR count). The van der Waals surface area contributed by atoms with E-state index in [1.807, 2.05) is 0 Å². The molecule has 0 saturated heterocycles. The number of carbonyl (C=O) groups excluding carboxylic acids is 1. The van der Waals surface area contributed by atoms with Gasteiger partial charge in [0, 0.05) is 6.42 Å². The maximum Gasteiger partial charge on any atom is 0.238 e. The van der Waals surface area contributed by atoms with E-state index in [4.69, 9.17) is 0 Å². The van der Waals surface area contributed by atoms with E-state index in [1.54, 1.807) is 0 Å². The first-order valence-electron chi connectivity index (χ1n) is 4.14. The molecule has 4 heteroatoms. The predicted octanol–water partition coefficient (Wildman–Crippen LogP) is 1.83. The van der Waals surface area contributed by atoms with Crippen molar-refractivity contribution >= 4 is 5.78 Å². The average Bonchev–Trinajstić information content (AvgIpc) is 2.56. The highest BCUT2D eigenvalue weighted by atomic mass is 16.5. The van der Waals surface area contributed by atoms with Gasteiger partial charge in [-0.1, -0.05) is 24.9 Å². The summed E-state index contributed by atoms with van der Waals surface area (Å²) in [5.41, 5.74) is 0. The summed E-state index contributed by atoms with van der Waals surface area (Å²) in [4.78, 5) is 14.9. The fraction of sp³-hybridized carbons (Fsp3) is 0.625. The minimum absolute atomic E-state index is 0.0304. The number of ketones is 1. The molecule has 0 aromatic carbocycles. The molecule has 1 heterocycles. The van der Waals surface area contributed by atoms with Crippen molar-refractivity contribution in [1.82, 2.24) is 10.1 Å². The number of carbonyl (C=O) groups is 1. The van der Waals surface area contributed by atoms with Crippen LogP contribution in [0.4, 0.5) is 0 Å². The number of nitrogens with zero attached hydrogens (tertiary/aromatic N) is 2. The first-order valence-corrected chi connectivity index (χ1v) is 4.14. The Balaban J connectivity index is 2.30. The number of Topliss-reactive ketones (excluding diaryl/α,β-unsaturated/α-hetero) is 1. The molecule has 0 N–H and O–H groups in total. The van der Waals surface area contributed by atoms with Crippen LogP contribution in [0.5, 0.6) is 0 Å². The van der Waals surface area contributed by atoms with E-state index in [0.717, 1.165) is 19.3 Å². The highest BCUT2D eigenvalue weighted by Crippen LogP contribution is 2.03. The molecule has 0 unspecified atom stereocenters. The molecule has 0 fully saturated rings. The monoisotopic (exact) mass is 168 g/mol. The Labute approximate surface area is 71.0 Å². The van der Waals surface area contributed by atoms with Gasteiger partial charge in [-0.15, -0.1) is 0 Å². The maximum atomic E-state index is 11.2. The van der Waals surface area contributed by atoms with Crippen LogP contribution in [-0.4, -0.2) is 15.9 Å². The molecule has 0 atom stereocenters. The van der Waals surface area contributed by atoms with Gasteiger partial charge in [0.05, 0.1) is 0 Å². The molecule has 0 amide bonds. The third-order valence-electron chi connectivity index (χ3n) is 1.62. The fourth-order valence-corrected chi connectivity index (χ4v) is 0.941. The zero-order valence-electron chi connectivity index (χ0n) is 7.12. The van der Waals surface area contributed by atoms with Crippen molar-refractivity contribution in [1.29, 1.82) is 0 Å². The number of aromatic nitrogens is 2. The quantitative estimate of drug-likeness (QED) is 0.497. The lowest BCUT2D eigenvalue weighted by Gasteiger charge is -1.93. The first kappa shape index (κ1) is 8.90. The molecule has 0 spiro atoms. The van der Waals surface area contributed by atoms with Crippen LogP contribution >= 0.6 is 0 Å². The van der Waals surface area contributed by atoms with E-state index in [2.05, 4.69) is 21.6 Å². The van der Waals surface area contributed by atoms with Crippen molar-refractivity contribution in [3.8, 4) is 0 Å². The molecule has 1 aromatic heterocycles. The van der Waals surface area contributed by atoms with Crippen LogP contribution in [0.3, 0.4) is 0 Å². The molecular formula is C8H12N2O2. The zero-order chi connectivity index (χ0) is 8.81. The molecule has 1 aromatic rings. The molecular weight excluding hydrogens is 156 g/mol. The summed E-state index contributed by atoms with van der Waals surface area (Å²) < 4.78 is 4.46. The van der Waals surface area contributed by atoms with E-state index in [1.165, 1.54) is 6.39 Å². The lowest BCUT2D eigenvalue weighted by molar-refractivity contribution is 0.0966. The van der Waals surface area contributed by atoms with Gasteiger partial charge in [-0.25, -0.2) is 0 Å². The fourth-order valence-electron chi connectivity index (χ4n) is 0.941. The van der Waals surface area contributed by atoms with Crippen molar-refractivity contribution < 1.29 is 9.32 Å². The summed E-state index contributed by atoms with van der Waals surface area (Å²) in [5, 5.41) is 3.46. The van der Waals surface area contributed by atoms with Crippen LogP contribution in [0.1, 0.15) is 43.2 Å². The molecule has 4 nitrogen and oxygen atoms in total. The second kappa shape index (κ2) is 4.64. The summed E-state index contributed by atoms with van der Waals surface area (Å²) in [7, 11) is 0. The molecule has 0 aliphatic heterocycles. The average molecular weight is 168 g/mol. The Morgan fingerprint density at radius 3 is 3.00 bits per heavy atom. The topological polar surface area (TPSA) is 56.0 Å². The van der Waals surface area contributed by atoms with Crippen molar-refractivity contribution in [3.05, 3.63) is 12.2 Å². The predicted molar refractivity (Wildman–Crippen MR) is 42.8 cm³/mol. The molecule has 0 aliphatic rings. The highest BCUT2D eigenvalue weighted by Gasteiger charge is 2.09. The van der Waals surface area contributed by atoms with Crippen LogP contribution in [0.15, 0.2) is 10.9 Å². The normalized spacial score (nSPS) is 10.1. The van der Waals surface area contributed by atoms with E-state index < -0.39 is 0 Å². The van der Waals surface area contributed by atoms with Gasteiger partial charge in [0.1, 0.15) is 0 Å². The molecule has 0 aliphatic carbocycles. The van der Waals surface area contributed by atoms with Crippen molar-refractivity contribution in [3.63, 3.8) is 0 Å². The van der Waals surface area contributed by atoms with E-state index in [0.29, 0.717) is 6.42 Å². The van der Waals surface area contributed by atoms with E-state index >= 15 is 0 Å². The van der Waals surface area contributed by atoms with E-state index in [-0.39, 0.29) is 11.6 Å². The Morgan fingerprint density at radius 1 is 1.58 bits per heavy atom. The molecule has 0 bridgehead atoms. The van der Waals surface area contributed by atoms with Crippen molar-refractivity contribution in [2.45, 2.75) is 32.6 Å². The van der Waals surface area contributed by atoms with Gasteiger partial charge in [-0.3, -0.25) is 4.79 Å². The second-order valence-corrected chi connectivity index (χ2v) is 2.64. The van der Waals surface area contributed by atoms with Crippen LogP contribution in [0.2, 0.25) is 0 Å².